The molecule has 0 saturated heterocycles. The molecule has 0 saturated carbocycles. The summed E-state index contributed by atoms with van der Waals surface area (Å²) < 4.78 is 26.4. The maximum absolute atomic E-state index is 13.1. The molecule has 0 radical (unpaired) electrons. The van der Waals surface area contributed by atoms with E-state index >= 15 is 0 Å². The van der Waals surface area contributed by atoms with Crippen LogP contribution < -0.4 is 5.32 Å². The number of hydrogen-bond donors (Lipinski definition) is 1. The SMILES string of the molecule is Cc1ccccc1C(=O)NC[C@@H](c1ccccc1)S(=O)(=O)c1cccs1. The summed E-state index contributed by atoms with van der Waals surface area (Å²) in [6, 6.07) is 19.5. The minimum absolute atomic E-state index is 0.0113. The Hall–Kier alpha value is -2.44. The average Bonchev–Trinajstić information content (AvgIpc) is 3.18. The summed E-state index contributed by atoms with van der Waals surface area (Å²) in [7, 11) is -3.59. The van der Waals surface area contributed by atoms with Gasteiger partial charge in [-0.25, -0.2) is 8.42 Å². The Morgan fingerprint density at radius 1 is 1.00 bits per heavy atom. The number of carbonyl (C=O) groups excluding carboxylic acids is 1. The number of sulfone groups is 1. The Labute approximate surface area is 157 Å². The molecule has 0 fully saturated rings. The fourth-order valence-electron chi connectivity index (χ4n) is 2.75. The molecule has 134 valence electrons. The van der Waals surface area contributed by atoms with Crippen LogP contribution in [-0.4, -0.2) is 20.9 Å². The van der Waals surface area contributed by atoms with Gasteiger partial charge in [0.05, 0.1) is 0 Å². The molecule has 0 bridgehead atoms. The third kappa shape index (κ3) is 3.86. The van der Waals surface area contributed by atoms with Crippen LogP contribution in [0.4, 0.5) is 0 Å². The van der Waals surface area contributed by atoms with Gasteiger partial charge in [0.25, 0.3) is 5.91 Å². The van der Waals surface area contributed by atoms with E-state index in [0.717, 1.165) is 5.56 Å². The Balaban J connectivity index is 1.88. The molecular formula is C20H19NO3S2. The summed E-state index contributed by atoms with van der Waals surface area (Å²) in [5, 5.41) is 3.69. The first-order valence-corrected chi connectivity index (χ1v) is 10.6. The van der Waals surface area contributed by atoms with Crippen LogP contribution in [-0.2, 0) is 9.84 Å². The minimum Gasteiger partial charge on any atom is -0.350 e. The highest BCUT2D eigenvalue weighted by molar-refractivity contribution is 7.93. The van der Waals surface area contributed by atoms with Crippen LogP contribution in [0.3, 0.4) is 0 Å². The van der Waals surface area contributed by atoms with Gasteiger partial charge in [0.2, 0.25) is 0 Å². The standard InChI is InChI=1S/C20H19NO3S2/c1-15-8-5-6-11-17(15)20(22)21-14-18(16-9-3-2-4-10-16)26(23,24)19-12-7-13-25-19/h2-13,18H,14H2,1H3,(H,21,22)/t18-/m0/s1. The second-order valence-electron chi connectivity index (χ2n) is 5.90. The molecule has 0 aliphatic heterocycles. The molecule has 26 heavy (non-hydrogen) atoms. The molecule has 3 aromatic rings. The van der Waals surface area contributed by atoms with Gasteiger partial charge in [-0.2, -0.15) is 0 Å². The molecule has 6 heteroatoms. The number of benzene rings is 2. The van der Waals surface area contributed by atoms with Crippen molar-refractivity contribution in [1.29, 1.82) is 0 Å². The van der Waals surface area contributed by atoms with E-state index in [2.05, 4.69) is 5.32 Å². The molecule has 0 spiro atoms. The van der Waals surface area contributed by atoms with Crippen molar-refractivity contribution >= 4 is 27.1 Å². The van der Waals surface area contributed by atoms with Gasteiger partial charge in [-0.3, -0.25) is 4.79 Å². The number of carbonyl (C=O) groups is 1. The highest BCUT2D eigenvalue weighted by atomic mass is 32.2. The van der Waals surface area contributed by atoms with Crippen LogP contribution in [0, 0.1) is 6.92 Å². The number of rotatable bonds is 6. The second-order valence-corrected chi connectivity index (χ2v) is 9.21. The Morgan fingerprint density at radius 2 is 1.69 bits per heavy atom. The Kier molecular flexibility index (Phi) is 5.54. The predicted octanol–water partition coefficient (Wildman–Crippen LogP) is 4.00. The van der Waals surface area contributed by atoms with Gasteiger partial charge in [-0.1, -0.05) is 54.6 Å². The second kappa shape index (κ2) is 7.85. The van der Waals surface area contributed by atoms with E-state index in [1.807, 2.05) is 25.1 Å². The normalized spacial score (nSPS) is 12.5. The third-order valence-corrected chi connectivity index (χ3v) is 7.69. The van der Waals surface area contributed by atoms with Gasteiger partial charge >= 0.3 is 0 Å². The largest absolute Gasteiger partial charge is 0.350 e. The van der Waals surface area contributed by atoms with Gasteiger partial charge in [0.15, 0.2) is 9.84 Å². The van der Waals surface area contributed by atoms with Crippen molar-refractivity contribution in [2.45, 2.75) is 16.4 Å². The molecule has 1 N–H and O–H groups in total. The zero-order chi connectivity index (χ0) is 18.6. The molecule has 0 aliphatic rings. The van der Waals surface area contributed by atoms with E-state index in [9.17, 15) is 13.2 Å². The van der Waals surface area contributed by atoms with Crippen molar-refractivity contribution in [3.8, 4) is 0 Å². The summed E-state index contributed by atoms with van der Waals surface area (Å²) in [4.78, 5) is 12.5. The van der Waals surface area contributed by atoms with Crippen molar-refractivity contribution in [1.82, 2.24) is 5.32 Å². The molecule has 1 aromatic heterocycles. The first kappa shape index (κ1) is 18.4. The van der Waals surface area contributed by atoms with Crippen LogP contribution >= 0.6 is 11.3 Å². The lowest BCUT2D eigenvalue weighted by molar-refractivity contribution is 0.0953. The molecule has 2 aromatic carbocycles. The summed E-state index contributed by atoms with van der Waals surface area (Å²) in [6.07, 6.45) is 0. The maximum Gasteiger partial charge on any atom is 0.251 e. The number of thiophene rings is 1. The van der Waals surface area contributed by atoms with E-state index in [1.54, 1.807) is 53.9 Å². The van der Waals surface area contributed by atoms with E-state index in [-0.39, 0.29) is 12.5 Å². The molecule has 1 heterocycles. The lowest BCUT2D eigenvalue weighted by Crippen LogP contribution is -2.32. The molecule has 1 amide bonds. The van der Waals surface area contributed by atoms with Crippen LogP contribution in [0.5, 0.6) is 0 Å². The van der Waals surface area contributed by atoms with E-state index in [4.69, 9.17) is 0 Å². The van der Waals surface area contributed by atoms with Crippen LogP contribution in [0.15, 0.2) is 76.3 Å². The number of hydrogen-bond acceptors (Lipinski definition) is 4. The minimum atomic E-state index is -3.59. The highest BCUT2D eigenvalue weighted by Gasteiger charge is 2.30. The number of amides is 1. The van der Waals surface area contributed by atoms with Crippen LogP contribution in [0.1, 0.15) is 26.7 Å². The number of aryl methyl sites for hydroxylation is 1. The van der Waals surface area contributed by atoms with Crippen LogP contribution in [0.25, 0.3) is 0 Å². The first-order chi connectivity index (χ1) is 12.5. The zero-order valence-electron chi connectivity index (χ0n) is 14.3. The molecular weight excluding hydrogens is 366 g/mol. The zero-order valence-corrected chi connectivity index (χ0v) is 15.9. The van der Waals surface area contributed by atoms with Gasteiger partial charge in [-0.05, 0) is 35.6 Å². The van der Waals surface area contributed by atoms with Gasteiger partial charge in [0, 0.05) is 12.1 Å². The Morgan fingerprint density at radius 3 is 2.35 bits per heavy atom. The smallest absolute Gasteiger partial charge is 0.251 e. The fourth-order valence-corrected chi connectivity index (χ4v) is 5.62. The molecule has 1 atom stereocenters. The molecule has 0 unspecified atom stereocenters. The van der Waals surface area contributed by atoms with Gasteiger partial charge in [-0.15, -0.1) is 11.3 Å². The first-order valence-electron chi connectivity index (χ1n) is 8.16. The van der Waals surface area contributed by atoms with Gasteiger partial charge < -0.3 is 5.32 Å². The molecule has 3 rings (SSSR count). The fraction of sp³-hybridized carbons (Fsp3) is 0.150. The van der Waals surface area contributed by atoms with E-state index in [0.29, 0.717) is 15.3 Å². The summed E-state index contributed by atoms with van der Waals surface area (Å²) in [6.45, 7) is 1.86. The topological polar surface area (TPSA) is 63.2 Å². The third-order valence-electron chi connectivity index (χ3n) is 4.16. The van der Waals surface area contributed by atoms with E-state index < -0.39 is 15.1 Å². The van der Waals surface area contributed by atoms with Crippen molar-refractivity contribution < 1.29 is 13.2 Å². The highest BCUT2D eigenvalue weighted by Crippen LogP contribution is 2.31. The predicted molar refractivity (Wildman–Crippen MR) is 104 cm³/mol. The summed E-state index contributed by atoms with van der Waals surface area (Å²) >= 11 is 1.19. The lowest BCUT2D eigenvalue weighted by Gasteiger charge is -2.18. The Bertz CT molecular complexity index is 981. The summed E-state index contributed by atoms with van der Waals surface area (Å²) in [5.41, 5.74) is 2.06. The quantitative estimate of drug-likeness (QED) is 0.697. The van der Waals surface area contributed by atoms with Crippen molar-refractivity contribution in [3.05, 3.63) is 88.8 Å². The lowest BCUT2D eigenvalue weighted by atomic mass is 10.1. The van der Waals surface area contributed by atoms with Crippen molar-refractivity contribution in [2.24, 2.45) is 0 Å². The van der Waals surface area contributed by atoms with Crippen molar-refractivity contribution in [2.75, 3.05) is 6.54 Å². The van der Waals surface area contributed by atoms with Crippen molar-refractivity contribution in [3.63, 3.8) is 0 Å². The van der Waals surface area contributed by atoms with E-state index in [1.165, 1.54) is 11.3 Å². The monoisotopic (exact) mass is 385 g/mol. The van der Waals surface area contributed by atoms with Crippen LogP contribution in [0.2, 0.25) is 0 Å². The average molecular weight is 386 g/mol. The van der Waals surface area contributed by atoms with Gasteiger partial charge in [0.1, 0.15) is 9.46 Å². The maximum atomic E-state index is 13.1. The summed E-state index contributed by atoms with van der Waals surface area (Å²) in [5.74, 6) is -0.273. The molecule has 0 aliphatic carbocycles. The molecule has 4 nitrogen and oxygen atoms in total. The number of nitrogens with one attached hydrogen (secondary N) is 1.